The lowest BCUT2D eigenvalue weighted by Gasteiger charge is -2.21. The van der Waals surface area contributed by atoms with E-state index in [0.29, 0.717) is 0 Å². The van der Waals surface area contributed by atoms with Crippen LogP contribution in [0.1, 0.15) is 18.2 Å². The summed E-state index contributed by atoms with van der Waals surface area (Å²) < 4.78 is 5.26. The molecule has 2 N–H and O–H groups in total. The van der Waals surface area contributed by atoms with Crippen molar-refractivity contribution >= 4 is 5.69 Å². The van der Waals surface area contributed by atoms with Gasteiger partial charge >= 0.3 is 0 Å². The monoisotopic (exact) mass is 271 g/mol. The van der Waals surface area contributed by atoms with Crippen molar-refractivity contribution in [1.82, 2.24) is 9.88 Å². The second-order valence-corrected chi connectivity index (χ2v) is 4.69. The molecule has 106 valence electrons. The zero-order valence-electron chi connectivity index (χ0n) is 12.0. The summed E-state index contributed by atoms with van der Waals surface area (Å²) in [7, 11) is 1.67. The Labute approximate surface area is 120 Å². The Morgan fingerprint density at radius 2 is 2.05 bits per heavy atom. The lowest BCUT2D eigenvalue weighted by Crippen LogP contribution is -2.23. The van der Waals surface area contributed by atoms with Crippen LogP contribution in [0.2, 0.25) is 0 Å². The Hall–Kier alpha value is -2.07. The molecule has 2 rings (SSSR count). The maximum atomic E-state index is 6.04. The average Bonchev–Trinajstić information content (AvgIpc) is 2.49. The van der Waals surface area contributed by atoms with Gasteiger partial charge in [-0.05, 0) is 42.4 Å². The SMILES string of the molecule is CCN(Cc1ccccn1)Cc1cc(OC)ccc1N. The van der Waals surface area contributed by atoms with Crippen LogP contribution in [0.4, 0.5) is 5.69 Å². The van der Waals surface area contributed by atoms with Crippen molar-refractivity contribution in [3.05, 3.63) is 53.9 Å². The number of ether oxygens (including phenoxy) is 1. The fraction of sp³-hybridized carbons (Fsp3) is 0.312. The molecule has 0 atom stereocenters. The minimum Gasteiger partial charge on any atom is -0.497 e. The van der Waals surface area contributed by atoms with Crippen molar-refractivity contribution < 1.29 is 4.74 Å². The van der Waals surface area contributed by atoms with Crippen molar-refractivity contribution in [2.75, 3.05) is 19.4 Å². The molecule has 1 heterocycles. The summed E-state index contributed by atoms with van der Waals surface area (Å²) in [6.45, 7) is 4.68. The lowest BCUT2D eigenvalue weighted by atomic mass is 10.1. The molecule has 1 aromatic carbocycles. The van der Waals surface area contributed by atoms with E-state index in [2.05, 4.69) is 16.8 Å². The molecule has 0 aliphatic heterocycles. The molecule has 4 heteroatoms. The first-order valence-electron chi connectivity index (χ1n) is 6.77. The van der Waals surface area contributed by atoms with Gasteiger partial charge in [0.05, 0.1) is 12.8 Å². The molecular weight excluding hydrogens is 250 g/mol. The smallest absolute Gasteiger partial charge is 0.119 e. The summed E-state index contributed by atoms with van der Waals surface area (Å²) in [6, 6.07) is 11.8. The van der Waals surface area contributed by atoms with E-state index in [0.717, 1.165) is 42.3 Å². The van der Waals surface area contributed by atoms with Crippen LogP contribution in [0.5, 0.6) is 5.75 Å². The fourth-order valence-corrected chi connectivity index (χ4v) is 2.09. The molecule has 0 aliphatic carbocycles. The van der Waals surface area contributed by atoms with Gasteiger partial charge in [0, 0.05) is 25.0 Å². The summed E-state index contributed by atoms with van der Waals surface area (Å²) in [5.41, 5.74) is 8.99. The largest absolute Gasteiger partial charge is 0.497 e. The van der Waals surface area contributed by atoms with Gasteiger partial charge in [0.2, 0.25) is 0 Å². The van der Waals surface area contributed by atoms with Gasteiger partial charge in [-0.1, -0.05) is 13.0 Å². The predicted molar refractivity (Wildman–Crippen MR) is 81.4 cm³/mol. The predicted octanol–water partition coefficient (Wildman–Crippen LogP) is 2.69. The number of nitrogens with zero attached hydrogens (tertiary/aromatic N) is 2. The fourth-order valence-electron chi connectivity index (χ4n) is 2.09. The maximum Gasteiger partial charge on any atom is 0.119 e. The summed E-state index contributed by atoms with van der Waals surface area (Å²) in [6.07, 6.45) is 1.82. The zero-order valence-corrected chi connectivity index (χ0v) is 12.0. The average molecular weight is 271 g/mol. The molecule has 0 aliphatic rings. The quantitative estimate of drug-likeness (QED) is 0.821. The van der Waals surface area contributed by atoms with Crippen LogP contribution >= 0.6 is 0 Å². The molecule has 20 heavy (non-hydrogen) atoms. The van der Waals surface area contributed by atoms with Gasteiger partial charge in [0.1, 0.15) is 5.75 Å². The molecule has 1 aromatic heterocycles. The van der Waals surface area contributed by atoms with Crippen LogP contribution in [0, 0.1) is 0 Å². The Balaban J connectivity index is 2.10. The molecule has 0 spiro atoms. The van der Waals surface area contributed by atoms with E-state index in [1.165, 1.54) is 0 Å². The van der Waals surface area contributed by atoms with Crippen LogP contribution in [-0.2, 0) is 13.1 Å². The molecule has 0 unspecified atom stereocenters. The van der Waals surface area contributed by atoms with E-state index in [4.69, 9.17) is 10.5 Å². The molecule has 0 amide bonds. The van der Waals surface area contributed by atoms with Crippen molar-refractivity contribution in [2.24, 2.45) is 0 Å². The van der Waals surface area contributed by atoms with Gasteiger partial charge in [-0.3, -0.25) is 9.88 Å². The summed E-state index contributed by atoms with van der Waals surface area (Å²) in [5, 5.41) is 0. The van der Waals surface area contributed by atoms with E-state index in [9.17, 15) is 0 Å². The van der Waals surface area contributed by atoms with Gasteiger partial charge in [-0.25, -0.2) is 0 Å². The van der Waals surface area contributed by atoms with Crippen LogP contribution < -0.4 is 10.5 Å². The van der Waals surface area contributed by atoms with E-state index in [-0.39, 0.29) is 0 Å². The van der Waals surface area contributed by atoms with Crippen molar-refractivity contribution in [2.45, 2.75) is 20.0 Å². The van der Waals surface area contributed by atoms with Crippen molar-refractivity contribution in [3.63, 3.8) is 0 Å². The number of rotatable bonds is 6. The Morgan fingerprint density at radius 3 is 2.70 bits per heavy atom. The molecule has 0 fully saturated rings. The van der Waals surface area contributed by atoms with Gasteiger partial charge in [0.15, 0.2) is 0 Å². The normalized spacial score (nSPS) is 10.8. The minimum atomic E-state index is 0.788. The molecule has 2 aromatic rings. The molecule has 0 saturated heterocycles. The van der Waals surface area contributed by atoms with E-state index >= 15 is 0 Å². The third-order valence-corrected chi connectivity index (χ3v) is 3.30. The molecule has 4 nitrogen and oxygen atoms in total. The van der Waals surface area contributed by atoms with Crippen LogP contribution in [0.15, 0.2) is 42.6 Å². The van der Waals surface area contributed by atoms with Crippen molar-refractivity contribution in [1.29, 1.82) is 0 Å². The Morgan fingerprint density at radius 1 is 1.20 bits per heavy atom. The van der Waals surface area contributed by atoms with Crippen LogP contribution in [-0.4, -0.2) is 23.5 Å². The van der Waals surface area contributed by atoms with Gasteiger partial charge in [-0.15, -0.1) is 0 Å². The van der Waals surface area contributed by atoms with Gasteiger partial charge in [-0.2, -0.15) is 0 Å². The maximum absolute atomic E-state index is 6.04. The highest BCUT2D eigenvalue weighted by Crippen LogP contribution is 2.21. The van der Waals surface area contributed by atoms with E-state index in [1.807, 2.05) is 42.6 Å². The van der Waals surface area contributed by atoms with Gasteiger partial charge in [0.25, 0.3) is 0 Å². The van der Waals surface area contributed by atoms with E-state index < -0.39 is 0 Å². The van der Waals surface area contributed by atoms with Crippen molar-refractivity contribution in [3.8, 4) is 5.75 Å². The first-order chi connectivity index (χ1) is 9.72. The Bertz CT molecular complexity index is 543. The number of nitrogens with two attached hydrogens (primary N) is 1. The van der Waals surface area contributed by atoms with Gasteiger partial charge < -0.3 is 10.5 Å². The summed E-state index contributed by atoms with van der Waals surface area (Å²) in [5.74, 6) is 0.836. The molecule has 0 bridgehead atoms. The Kier molecular flexibility index (Phi) is 4.96. The number of nitrogen functional groups attached to an aromatic ring is 1. The number of anilines is 1. The minimum absolute atomic E-state index is 0.788. The highest BCUT2D eigenvalue weighted by atomic mass is 16.5. The highest BCUT2D eigenvalue weighted by Gasteiger charge is 2.09. The number of benzene rings is 1. The number of methoxy groups -OCH3 is 1. The standard InChI is InChI=1S/C16H21N3O/c1-3-19(12-14-6-4-5-9-18-14)11-13-10-15(20-2)7-8-16(13)17/h4-10H,3,11-12,17H2,1-2H3. The molecular formula is C16H21N3O. The third-order valence-electron chi connectivity index (χ3n) is 3.30. The number of hydrogen-bond acceptors (Lipinski definition) is 4. The number of aromatic nitrogens is 1. The topological polar surface area (TPSA) is 51.4 Å². The van der Waals surface area contributed by atoms with E-state index in [1.54, 1.807) is 7.11 Å². The molecule has 0 radical (unpaired) electrons. The summed E-state index contributed by atoms with van der Waals surface area (Å²) in [4.78, 5) is 6.67. The highest BCUT2D eigenvalue weighted by molar-refractivity contribution is 5.50. The first kappa shape index (κ1) is 14.3. The molecule has 0 saturated carbocycles. The number of pyridine rings is 1. The van der Waals surface area contributed by atoms with Crippen LogP contribution in [0.25, 0.3) is 0 Å². The number of hydrogen-bond donors (Lipinski definition) is 1. The zero-order chi connectivity index (χ0) is 14.4. The third kappa shape index (κ3) is 3.71. The summed E-state index contributed by atoms with van der Waals surface area (Å²) >= 11 is 0. The second-order valence-electron chi connectivity index (χ2n) is 4.69. The first-order valence-corrected chi connectivity index (χ1v) is 6.77. The van der Waals surface area contributed by atoms with Crippen LogP contribution in [0.3, 0.4) is 0 Å². The lowest BCUT2D eigenvalue weighted by molar-refractivity contribution is 0.268. The second kappa shape index (κ2) is 6.91.